The average molecular weight is 450 g/mol. The number of sulfonamides is 1. The second-order valence-corrected chi connectivity index (χ2v) is 8.85. The lowest BCUT2D eigenvalue weighted by atomic mass is 10.2. The van der Waals surface area contributed by atoms with Gasteiger partial charge in [0.05, 0.1) is 31.9 Å². The fraction of sp³-hybridized carbons (Fsp3) is 0.381. The smallest absolute Gasteiger partial charge is 0.321 e. The maximum absolute atomic E-state index is 13.0. The van der Waals surface area contributed by atoms with Crippen LogP contribution in [0.1, 0.15) is 6.42 Å². The zero-order chi connectivity index (χ0) is 22.4. The summed E-state index contributed by atoms with van der Waals surface area (Å²) in [5, 5.41) is 2.83. The summed E-state index contributed by atoms with van der Waals surface area (Å²) in [4.78, 5) is 14.6. The van der Waals surface area contributed by atoms with E-state index >= 15 is 0 Å². The largest absolute Gasteiger partial charge is 0.497 e. The molecule has 1 fully saturated rings. The standard InChI is InChI=1S/C21H27N3O6S/c1-28-16-5-8-18(9-6-16)31(26,27)24-12-4-11-23(13-14-24)21(25)22-19-10-7-17(29-2)15-20(19)30-3/h5-10,15H,4,11-14H2,1-3H3,(H,22,25). The molecule has 9 nitrogen and oxygen atoms in total. The Labute approximate surface area is 182 Å². The molecule has 3 rings (SSSR count). The number of anilines is 1. The van der Waals surface area contributed by atoms with E-state index in [1.165, 1.54) is 30.7 Å². The van der Waals surface area contributed by atoms with Crippen LogP contribution in [0.25, 0.3) is 0 Å². The third-order valence-corrected chi connectivity index (χ3v) is 7.00. The van der Waals surface area contributed by atoms with Gasteiger partial charge in [0, 0.05) is 32.2 Å². The first kappa shape index (κ1) is 22.7. The number of hydrogen-bond acceptors (Lipinski definition) is 6. The summed E-state index contributed by atoms with van der Waals surface area (Å²) in [6.45, 7) is 1.27. The minimum Gasteiger partial charge on any atom is -0.497 e. The molecule has 31 heavy (non-hydrogen) atoms. The minimum absolute atomic E-state index is 0.203. The van der Waals surface area contributed by atoms with Crippen molar-refractivity contribution in [2.45, 2.75) is 11.3 Å². The Bertz CT molecular complexity index is 1010. The molecular formula is C21H27N3O6S. The van der Waals surface area contributed by atoms with Gasteiger partial charge in [-0.1, -0.05) is 0 Å². The van der Waals surface area contributed by atoms with Crippen molar-refractivity contribution in [3.05, 3.63) is 42.5 Å². The molecule has 168 valence electrons. The van der Waals surface area contributed by atoms with Crippen molar-refractivity contribution >= 4 is 21.7 Å². The molecule has 2 aromatic rings. The Kier molecular flexibility index (Phi) is 7.24. The summed E-state index contributed by atoms with van der Waals surface area (Å²) in [5.41, 5.74) is 0.514. The summed E-state index contributed by atoms with van der Waals surface area (Å²) < 4.78 is 43.0. The fourth-order valence-electron chi connectivity index (χ4n) is 3.33. The fourth-order valence-corrected chi connectivity index (χ4v) is 4.80. The summed E-state index contributed by atoms with van der Waals surface area (Å²) in [6, 6.07) is 11.1. The zero-order valence-corrected chi connectivity index (χ0v) is 18.6. The Morgan fingerprint density at radius 2 is 1.55 bits per heavy atom. The van der Waals surface area contributed by atoms with E-state index in [0.29, 0.717) is 42.4 Å². The molecule has 0 radical (unpaired) electrons. The van der Waals surface area contributed by atoms with E-state index in [0.717, 1.165) is 0 Å². The summed E-state index contributed by atoms with van der Waals surface area (Å²) in [6.07, 6.45) is 0.530. The molecule has 1 heterocycles. The first-order valence-electron chi connectivity index (χ1n) is 9.81. The quantitative estimate of drug-likeness (QED) is 0.728. The number of methoxy groups -OCH3 is 3. The normalized spacial score (nSPS) is 15.1. The highest BCUT2D eigenvalue weighted by atomic mass is 32.2. The van der Waals surface area contributed by atoms with Gasteiger partial charge in [-0.3, -0.25) is 0 Å². The van der Waals surface area contributed by atoms with Gasteiger partial charge in [-0.15, -0.1) is 0 Å². The lowest BCUT2D eigenvalue weighted by Gasteiger charge is -2.23. The molecule has 1 aliphatic heterocycles. The third kappa shape index (κ3) is 5.20. The molecule has 10 heteroatoms. The molecule has 0 saturated carbocycles. The molecular weight excluding hydrogens is 422 g/mol. The van der Waals surface area contributed by atoms with Gasteiger partial charge in [0.1, 0.15) is 17.2 Å². The van der Waals surface area contributed by atoms with Crippen LogP contribution in [0.4, 0.5) is 10.5 Å². The summed E-state index contributed by atoms with van der Waals surface area (Å²) in [5.74, 6) is 1.68. The number of nitrogens with zero attached hydrogens (tertiary/aromatic N) is 2. The van der Waals surface area contributed by atoms with E-state index < -0.39 is 10.0 Å². The Hall–Kier alpha value is -2.98. The number of nitrogens with one attached hydrogen (secondary N) is 1. The van der Waals surface area contributed by atoms with Crippen LogP contribution < -0.4 is 19.5 Å². The van der Waals surface area contributed by atoms with Gasteiger partial charge in [-0.05, 0) is 42.8 Å². The van der Waals surface area contributed by atoms with Crippen LogP contribution in [-0.2, 0) is 10.0 Å². The van der Waals surface area contributed by atoms with Crippen LogP contribution in [0.5, 0.6) is 17.2 Å². The molecule has 0 aromatic heterocycles. The molecule has 0 unspecified atom stereocenters. The topological polar surface area (TPSA) is 97.4 Å². The second-order valence-electron chi connectivity index (χ2n) is 6.92. The monoisotopic (exact) mass is 449 g/mol. The van der Waals surface area contributed by atoms with Crippen LogP contribution >= 0.6 is 0 Å². The van der Waals surface area contributed by atoms with Gasteiger partial charge in [0.15, 0.2) is 0 Å². The number of carbonyl (C=O) groups is 1. The number of amides is 2. The summed E-state index contributed by atoms with van der Waals surface area (Å²) in [7, 11) is 0.940. The number of ether oxygens (including phenoxy) is 3. The SMILES string of the molecule is COc1ccc(S(=O)(=O)N2CCCN(C(=O)Nc3ccc(OC)cc3OC)CC2)cc1. The number of carbonyl (C=O) groups excluding carboxylic acids is 1. The van der Waals surface area contributed by atoms with Crippen LogP contribution in [0.15, 0.2) is 47.4 Å². The minimum atomic E-state index is -3.65. The molecule has 2 aromatic carbocycles. The van der Waals surface area contributed by atoms with E-state index in [1.54, 1.807) is 42.3 Å². The van der Waals surface area contributed by atoms with Gasteiger partial charge in [0.2, 0.25) is 10.0 Å². The highest BCUT2D eigenvalue weighted by Crippen LogP contribution is 2.29. The number of benzene rings is 2. The van der Waals surface area contributed by atoms with Gasteiger partial charge >= 0.3 is 6.03 Å². The van der Waals surface area contributed by atoms with Crippen molar-refractivity contribution in [1.29, 1.82) is 0 Å². The van der Waals surface area contributed by atoms with E-state index in [2.05, 4.69) is 5.32 Å². The lowest BCUT2D eigenvalue weighted by molar-refractivity contribution is 0.214. The van der Waals surface area contributed by atoms with Crippen molar-refractivity contribution in [2.75, 3.05) is 52.8 Å². The Morgan fingerprint density at radius 3 is 2.19 bits per heavy atom. The molecule has 2 amide bonds. The van der Waals surface area contributed by atoms with Gasteiger partial charge in [-0.2, -0.15) is 4.31 Å². The van der Waals surface area contributed by atoms with Crippen molar-refractivity contribution in [2.24, 2.45) is 0 Å². The Morgan fingerprint density at radius 1 is 0.871 bits per heavy atom. The highest BCUT2D eigenvalue weighted by Gasteiger charge is 2.28. The molecule has 1 aliphatic rings. The molecule has 0 bridgehead atoms. The summed E-state index contributed by atoms with van der Waals surface area (Å²) >= 11 is 0. The maximum Gasteiger partial charge on any atom is 0.321 e. The van der Waals surface area contributed by atoms with Crippen molar-refractivity contribution in [3.63, 3.8) is 0 Å². The Balaban J connectivity index is 1.67. The number of urea groups is 1. The van der Waals surface area contributed by atoms with E-state index in [4.69, 9.17) is 14.2 Å². The van der Waals surface area contributed by atoms with Crippen LogP contribution in [0.2, 0.25) is 0 Å². The predicted octanol–water partition coefficient (Wildman–Crippen LogP) is 2.64. The molecule has 0 spiro atoms. The lowest BCUT2D eigenvalue weighted by Crippen LogP contribution is -2.39. The predicted molar refractivity (Wildman–Crippen MR) is 117 cm³/mol. The highest BCUT2D eigenvalue weighted by molar-refractivity contribution is 7.89. The van der Waals surface area contributed by atoms with Gasteiger partial charge < -0.3 is 24.4 Å². The average Bonchev–Trinajstić information content (AvgIpc) is 3.06. The zero-order valence-electron chi connectivity index (χ0n) is 17.8. The van der Waals surface area contributed by atoms with E-state index in [-0.39, 0.29) is 24.0 Å². The van der Waals surface area contributed by atoms with Gasteiger partial charge in [0.25, 0.3) is 0 Å². The van der Waals surface area contributed by atoms with E-state index in [1.807, 2.05) is 0 Å². The van der Waals surface area contributed by atoms with Crippen molar-refractivity contribution in [3.8, 4) is 17.2 Å². The first-order chi connectivity index (χ1) is 14.9. The van der Waals surface area contributed by atoms with Crippen LogP contribution in [0.3, 0.4) is 0 Å². The van der Waals surface area contributed by atoms with Crippen molar-refractivity contribution in [1.82, 2.24) is 9.21 Å². The maximum atomic E-state index is 13.0. The van der Waals surface area contributed by atoms with Gasteiger partial charge in [-0.25, -0.2) is 13.2 Å². The molecule has 0 atom stereocenters. The van der Waals surface area contributed by atoms with E-state index in [9.17, 15) is 13.2 Å². The van der Waals surface area contributed by atoms with Crippen molar-refractivity contribution < 1.29 is 27.4 Å². The molecule has 0 aliphatic carbocycles. The number of rotatable bonds is 6. The number of hydrogen-bond donors (Lipinski definition) is 1. The van der Waals surface area contributed by atoms with Crippen LogP contribution in [-0.4, -0.2) is 71.2 Å². The molecule has 1 saturated heterocycles. The first-order valence-corrected chi connectivity index (χ1v) is 11.2. The second kappa shape index (κ2) is 9.88. The third-order valence-electron chi connectivity index (χ3n) is 5.09. The molecule has 1 N–H and O–H groups in total. The van der Waals surface area contributed by atoms with Crippen LogP contribution in [0, 0.1) is 0 Å².